The average molecular weight is 581 g/mol. The summed E-state index contributed by atoms with van der Waals surface area (Å²) >= 11 is 6.09. The van der Waals surface area contributed by atoms with Gasteiger partial charge in [-0.3, -0.25) is 4.79 Å². The third-order valence-corrected chi connectivity index (χ3v) is 10.2. The maximum absolute atomic E-state index is 13.8. The molecule has 9 nitrogen and oxygen atoms in total. The Morgan fingerprint density at radius 2 is 1.73 bits per heavy atom. The van der Waals surface area contributed by atoms with Gasteiger partial charge in [-0.1, -0.05) is 23.7 Å². The van der Waals surface area contributed by atoms with Crippen molar-refractivity contribution in [3.8, 4) is 6.07 Å². The highest BCUT2D eigenvalue weighted by molar-refractivity contribution is 7.89. The van der Waals surface area contributed by atoms with Gasteiger partial charge in [-0.05, 0) is 72.1 Å². The van der Waals surface area contributed by atoms with E-state index in [1.807, 2.05) is 12.1 Å². The molecule has 3 aliphatic heterocycles. The van der Waals surface area contributed by atoms with Gasteiger partial charge in [0.1, 0.15) is 0 Å². The molecule has 3 saturated heterocycles. The molecule has 0 aliphatic carbocycles. The van der Waals surface area contributed by atoms with Crippen LogP contribution in [0.3, 0.4) is 0 Å². The summed E-state index contributed by atoms with van der Waals surface area (Å²) in [5, 5.41) is 11.2. The molecule has 1 spiro atoms. The van der Waals surface area contributed by atoms with Crippen LogP contribution in [-0.2, 0) is 24.3 Å². The van der Waals surface area contributed by atoms with Gasteiger partial charge in [0.15, 0.2) is 5.72 Å². The van der Waals surface area contributed by atoms with E-state index in [4.69, 9.17) is 26.3 Å². The average Bonchev–Trinajstić information content (AvgIpc) is 3.27. The summed E-state index contributed by atoms with van der Waals surface area (Å²) in [5.74, 6) is -0.300. The summed E-state index contributed by atoms with van der Waals surface area (Å²) in [5.41, 5.74) is -0.166. The second-order valence-corrected chi connectivity index (χ2v) is 13.1. The second-order valence-electron chi connectivity index (χ2n) is 10.7. The molecular formula is C29H29ClN4O5S. The van der Waals surface area contributed by atoms with Crippen LogP contribution >= 0.6 is 11.6 Å². The molecule has 0 bridgehead atoms. The van der Waals surface area contributed by atoms with Crippen LogP contribution in [0.1, 0.15) is 18.4 Å². The molecule has 208 valence electrons. The van der Waals surface area contributed by atoms with Crippen LogP contribution in [0.25, 0.3) is 10.8 Å². The van der Waals surface area contributed by atoms with Gasteiger partial charge < -0.3 is 19.3 Å². The highest BCUT2D eigenvalue weighted by Gasteiger charge is 2.60. The van der Waals surface area contributed by atoms with Gasteiger partial charge in [0, 0.05) is 30.9 Å². The Morgan fingerprint density at radius 3 is 2.42 bits per heavy atom. The number of rotatable bonds is 5. The molecule has 0 N–H and O–H groups in total. The third-order valence-electron chi connectivity index (χ3n) is 8.20. The number of piperazine rings is 1. The van der Waals surface area contributed by atoms with Crippen molar-refractivity contribution in [3.63, 3.8) is 0 Å². The number of halogens is 1. The summed E-state index contributed by atoms with van der Waals surface area (Å²) in [7, 11) is -2.47. The first-order chi connectivity index (χ1) is 19.2. The Labute approximate surface area is 238 Å². The van der Waals surface area contributed by atoms with Crippen molar-refractivity contribution >= 4 is 44.0 Å². The van der Waals surface area contributed by atoms with Gasteiger partial charge in [-0.2, -0.15) is 9.57 Å². The van der Waals surface area contributed by atoms with Gasteiger partial charge in [0.05, 0.1) is 48.4 Å². The third kappa shape index (κ3) is 4.62. The van der Waals surface area contributed by atoms with Crippen LogP contribution < -0.4 is 4.90 Å². The number of fused-ring (bicyclic) bond motifs is 2. The van der Waals surface area contributed by atoms with E-state index in [0.29, 0.717) is 43.1 Å². The van der Waals surface area contributed by atoms with E-state index >= 15 is 0 Å². The predicted molar refractivity (Wildman–Crippen MR) is 150 cm³/mol. The highest BCUT2D eigenvalue weighted by atomic mass is 35.5. The molecule has 3 aliphatic rings. The minimum Gasteiger partial charge on any atom is -0.380 e. The molecule has 3 aromatic carbocycles. The lowest BCUT2D eigenvalue weighted by Crippen LogP contribution is -2.65. The number of nitriles is 1. The molecule has 11 heteroatoms. The number of anilines is 1. The van der Waals surface area contributed by atoms with E-state index in [0.717, 1.165) is 16.5 Å². The largest absolute Gasteiger partial charge is 0.380 e. The number of hydrogen-bond acceptors (Lipinski definition) is 7. The quantitative estimate of drug-likeness (QED) is 0.454. The van der Waals surface area contributed by atoms with Crippen LogP contribution in [0.15, 0.2) is 65.6 Å². The Morgan fingerprint density at radius 1 is 1.02 bits per heavy atom. The fourth-order valence-electron chi connectivity index (χ4n) is 6.16. The number of carbonyl (C=O) groups is 1. The first-order valence-corrected chi connectivity index (χ1v) is 14.9. The smallest absolute Gasteiger partial charge is 0.243 e. The summed E-state index contributed by atoms with van der Waals surface area (Å²) in [6, 6.07) is 19.8. The molecule has 3 heterocycles. The number of methoxy groups -OCH3 is 1. The lowest BCUT2D eigenvalue weighted by atomic mass is 9.91. The molecule has 1 atom stereocenters. The number of sulfonamides is 1. The van der Waals surface area contributed by atoms with E-state index in [1.54, 1.807) is 53.4 Å². The van der Waals surface area contributed by atoms with Crippen LogP contribution in [0.4, 0.5) is 5.69 Å². The molecule has 0 radical (unpaired) electrons. The van der Waals surface area contributed by atoms with Gasteiger partial charge in [0.2, 0.25) is 15.9 Å². The van der Waals surface area contributed by atoms with Crippen molar-refractivity contribution in [2.75, 3.05) is 51.3 Å². The second kappa shape index (κ2) is 10.0. The van der Waals surface area contributed by atoms with Gasteiger partial charge in [0.25, 0.3) is 0 Å². The molecule has 0 saturated carbocycles. The van der Waals surface area contributed by atoms with Crippen molar-refractivity contribution in [1.82, 2.24) is 9.21 Å². The van der Waals surface area contributed by atoms with E-state index in [9.17, 15) is 13.2 Å². The zero-order valence-electron chi connectivity index (χ0n) is 22.0. The lowest BCUT2D eigenvalue weighted by Gasteiger charge is -2.44. The van der Waals surface area contributed by atoms with Crippen molar-refractivity contribution in [2.24, 2.45) is 0 Å². The zero-order chi connectivity index (χ0) is 28.1. The summed E-state index contributed by atoms with van der Waals surface area (Å²) in [6.45, 7) is 1.58. The minimum atomic E-state index is -4.00. The van der Waals surface area contributed by atoms with E-state index in [1.165, 1.54) is 11.4 Å². The van der Waals surface area contributed by atoms with E-state index in [2.05, 4.69) is 11.0 Å². The van der Waals surface area contributed by atoms with Crippen molar-refractivity contribution in [3.05, 3.63) is 71.2 Å². The molecular weight excluding hydrogens is 552 g/mol. The Kier molecular flexibility index (Phi) is 6.76. The van der Waals surface area contributed by atoms with Gasteiger partial charge in [-0.15, -0.1) is 0 Å². The molecule has 3 aromatic rings. The Bertz CT molecular complexity index is 1620. The molecule has 40 heavy (non-hydrogen) atoms. The number of amides is 1. The fraction of sp³-hybridized carbons (Fsp3) is 0.379. The fourth-order valence-corrected chi connectivity index (χ4v) is 7.80. The van der Waals surface area contributed by atoms with Gasteiger partial charge >= 0.3 is 0 Å². The first kappa shape index (κ1) is 27.0. The van der Waals surface area contributed by atoms with Gasteiger partial charge in [-0.25, -0.2) is 8.42 Å². The number of nitrogens with zero attached hydrogens (tertiary/aromatic N) is 4. The SMILES string of the molecule is COCC12CN(S(=O)(=O)c3ccc4cc(Cl)ccc4c3)CC(=O)N1CC1(CCN(c3ccc(C#N)cc3)CC1)O2. The Hall–Kier alpha value is -3.20. The normalized spacial score (nSPS) is 23.0. The topological polar surface area (TPSA) is 103 Å². The molecule has 1 unspecified atom stereocenters. The van der Waals surface area contributed by atoms with Crippen LogP contribution in [-0.4, -0.2) is 81.3 Å². The molecule has 0 aromatic heterocycles. The van der Waals surface area contributed by atoms with E-state index in [-0.39, 0.29) is 30.5 Å². The predicted octanol–water partition coefficient (Wildman–Crippen LogP) is 3.61. The number of benzene rings is 3. The number of carbonyl (C=O) groups excluding carboxylic acids is 1. The van der Waals surface area contributed by atoms with Crippen molar-refractivity contribution in [1.29, 1.82) is 5.26 Å². The standard InChI is InChI=1S/C29H29ClN4O5S/c1-38-20-29-19-33(40(36,37)26-9-5-22-14-24(30)6-4-23(22)15-26)17-27(35)34(29)18-28(39-29)10-12-32(13-11-28)25-7-2-21(16-31)3-8-25/h2-9,14-15H,10-13,17-20H2,1H3. The number of piperidine rings is 1. The van der Waals surface area contributed by atoms with Crippen LogP contribution in [0.2, 0.25) is 5.02 Å². The summed E-state index contributed by atoms with van der Waals surface area (Å²) in [4.78, 5) is 17.5. The summed E-state index contributed by atoms with van der Waals surface area (Å²) < 4.78 is 41.1. The Balaban J connectivity index is 1.24. The first-order valence-electron chi connectivity index (χ1n) is 13.1. The lowest BCUT2D eigenvalue weighted by molar-refractivity contribution is -0.194. The maximum atomic E-state index is 13.8. The maximum Gasteiger partial charge on any atom is 0.243 e. The van der Waals surface area contributed by atoms with E-state index < -0.39 is 21.3 Å². The minimum absolute atomic E-state index is 0.0192. The molecule has 1 amide bonds. The van der Waals surface area contributed by atoms with Crippen molar-refractivity contribution in [2.45, 2.75) is 29.1 Å². The number of ether oxygens (including phenoxy) is 2. The van der Waals surface area contributed by atoms with Crippen LogP contribution in [0, 0.1) is 11.3 Å². The monoisotopic (exact) mass is 580 g/mol. The summed E-state index contributed by atoms with van der Waals surface area (Å²) in [6.07, 6.45) is 1.34. The molecule has 3 fully saturated rings. The van der Waals surface area contributed by atoms with Crippen molar-refractivity contribution < 1.29 is 22.7 Å². The number of hydrogen-bond donors (Lipinski definition) is 0. The molecule has 6 rings (SSSR count). The van der Waals surface area contributed by atoms with Crippen LogP contribution in [0.5, 0.6) is 0 Å². The zero-order valence-corrected chi connectivity index (χ0v) is 23.6. The highest BCUT2D eigenvalue weighted by Crippen LogP contribution is 2.44.